The lowest BCUT2D eigenvalue weighted by atomic mass is 10.1. The second-order valence-electron chi connectivity index (χ2n) is 4.27. The molecular formula is C15H14BrNO4S. The van der Waals surface area contributed by atoms with Crippen molar-refractivity contribution in [3.8, 4) is 16.3 Å². The Hall–Kier alpha value is -1.86. The second-order valence-corrected chi connectivity index (χ2v) is 5.94. The second kappa shape index (κ2) is 7.42. The van der Waals surface area contributed by atoms with Crippen molar-refractivity contribution in [2.24, 2.45) is 0 Å². The number of rotatable bonds is 5. The van der Waals surface area contributed by atoms with Crippen molar-refractivity contribution in [3.05, 3.63) is 45.8 Å². The molecule has 0 unspecified atom stereocenters. The topological polar surface area (TPSA) is 57.7 Å². The normalized spacial score (nSPS) is 11.2. The molecule has 0 saturated heterocycles. The van der Waals surface area contributed by atoms with Crippen molar-refractivity contribution in [2.45, 2.75) is 6.92 Å². The molecule has 7 heteroatoms. The minimum atomic E-state index is -0.608. The highest BCUT2D eigenvalue weighted by atomic mass is 79.9. The third-order valence-corrected chi connectivity index (χ3v) is 4.34. The molecule has 0 amide bonds. The molecule has 5 nitrogen and oxygen atoms in total. The largest absolute Gasteiger partial charge is 0.500 e. The molecule has 0 aliphatic carbocycles. The molecule has 116 valence electrons. The zero-order chi connectivity index (χ0) is 16.1. The number of carbonyl (C=O) groups excluding carboxylic acids is 1. The van der Waals surface area contributed by atoms with Gasteiger partial charge in [-0.05, 0) is 34.5 Å². The third kappa shape index (κ3) is 3.86. The number of nitrogens with zero attached hydrogens (tertiary/aromatic N) is 1. The first-order valence-electron chi connectivity index (χ1n) is 6.26. The molecule has 1 aromatic carbocycles. The average molecular weight is 384 g/mol. The van der Waals surface area contributed by atoms with E-state index in [0.717, 1.165) is 20.7 Å². The smallest absolute Gasteiger partial charge is 0.377 e. The van der Waals surface area contributed by atoms with E-state index in [0.29, 0.717) is 5.75 Å². The van der Waals surface area contributed by atoms with Gasteiger partial charge in [0.15, 0.2) is 0 Å². The fourth-order valence-corrected chi connectivity index (χ4v) is 2.92. The van der Waals surface area contributed by atoms with Crippen LogP contribution in [0.3, 0.4) is 0 Å². The Balaban J connectivity index is 2.34. The maximum absolute atomic E-state index is 11.7. The average Bonchev–Trinajstić information content (AvgIpc) is 2.94. The zero-order valence-corrected chi connectivity index (χ0v) is 14.7. The summed E-state index contributed by atoms with van der Waals surface area (Å²) in [5.74, 6) is -0.0910. The van der Waals surface area contributed by atoms with Crippen molar-refractivity contribution in [1.29, 1.82) is 0 Å². The quantitative estimate of drug-likeness (QED) is 0.444. The number of halogens is 1. The van der Waals surface area contributed by atoms with Crippen LogP contribution in [0.2, 0.25) is 0 Å². The molecule has 0 N–H and O–H groups in total. The van der Waals surface area contributed by atoms with Crippen LogP contribution in [0.5, 0.6) is 5.75 Å². The molecule has 1 aromatic heterocycles. The number of hydrogen-bond donors (Lipinski definition) is 0. The van der Waals surface area contributed by atoms with Gasteiger partial charge in [-0.1, -0.05) is 12.1 Å². The van der Waals surface area contributed by atoms with Gasteiger partial charge < -0.3 is 14.2 Å². The van der Waals surface area contributed by atoms with E-state index in [1.165, 1.54) is 31.8 Å². The number of carbonyl (C=O) groups is 1. The molecule has 0 atom stereocenters. The van der Waals surface area contributed by atoms with E-state index < -0.39 is 5.97 Å². The van der Waals surface area contributed by atoms with Crippen LogP contribution in [0.1, 0.15) is 5.56 Å². The van der Waals surface area contributed by atoms with Gasteiger partial charge in [-0.3, -0.25) is 0 Å². The fourth-order valence-electron chi connectivity index (χ4n) is 1.67. The van der Waals surface area contributed by atoms with E-state index in [9.17, 15) is 4.79 Å². The highest BCUT2D eigenvalue weighted by molar-refractivity contribution is 9.10. The number of aryl methyl sites for hydroxylation is 1. The van der Waals surface area contributed by atoms with Crippen LogP contribution in [-0.2, 0) is 14.3 Å². The van der Waals surface area contributed by atoms with Crippen molar-refractivity contribution in [1.82, 2.24) is 4.98 Å². The number of ether oxygens (including phenoxy) is 3. The van der Waals surface area contributed by atoms with E-state index in [4.69, 9.17) is 9.47 Å². The minimum absolute atomic E-state index is 0.0226. The Morgan fingerprint density at radius 3 is 2.73 bits per heavy atom. The summed E-state index contributed by atoms with van der Waals surface area (Å²) in [6.07, 6.45) is 1.21. The minimum Gasteiger partial charge on any atom is -0.500 e. The summed E-state index contributed by atoms with van der Waals surface area (Å²) in [5.41, 5.74) is 1.78. The van der Waals surface area contributed by atoms with E-state index >= 15 is 0 Å². The van der Waals surface area contributed by atoms with Gasteiger partial charge in [-0.2, -0.15) is 0 Å². The van der Waals surface area contributed by atoms with Crippen LogP contribution < -0.4 is 4.74 Å². The first kappa shape index (κ1) is 16.5. The predicted octanol–water partition coefficient (Wildman–Crippen LogP) is 3.92. The lowest BCUT2D eigenvalue weighted by Crippen LogP contribution is -2.11. The SMILES string of the molecule is CO/C=C(\Oc1cc(-c2nc(Br)cs2)ccc1C)C(=O)OC. The molecule has 0 aliphatic rings. The maximum Gasteiger partial charge on any atom is 0.377 e. The van der Waals surface area contributed by atoms with Crippen molar-refractivity contribution in [3.63, 3.8) is 0 Å². The maximum atomic E-state index is 11.7. The van der Waals surface area contributed by atoms with E-state index in [1.54, 1.807) is 0 Å². The van der Waals surface area contributed by atoms with E-state index in [1.807, 2.05) is 30.5 Å². The van der Waals surface area contributed by atoms with Crippen LogP contribution in [0, 0.1) is 6.92 Å². The van der Waals surface area contributed by atoms with Crippen LogP contribution in [-0.4, -0.2) is 25.2 Å². The van der Waals surface area contributed by atoms with Gasteiger partial charge in [0.2, 0.25) is 5.76 Å². The monoisotopic (exact) mass is 383 g/mol. The molecule has 0 spiro atoms. The number of methoxy groups -OCH3 is 2. The summed E-state index contributed by atoms with van der Waals surface area (Å²) >= 11 is 4.85. The van der Waals surface area contributed by atoms with Gasteiger partial charge >= 0.3 is 5.97 Å². The molecule has 0 saturated carbocycles. The summed E-state index contributed by atoms with van der Waals surface area (Å²) in [5, 5.41) is 2.76. The van der Waals surface area contributed by atoms with Gasteiger partial charge in [0.05, 0.1) is 14.2 Å². The van der Waals surface area contributed by atoms with Crippen molar-refractivity contribution in [2.75, 3.05) is 14.2 Å². The highest BCUT2D eigenvalue weighted by Gasteiger charge is 2.15. The molecular weight excluding hydrogens is 370 g/mol. The molecule has 0 bridgehead atoms. The standard InChI is InChI=1S/C15H14BrNO4S/c1-9-4-5-10(14-17-13(16)8-22-14)6-11(9)21-12(7-19-2)15(18)20-3/h4-8H,1-3H3/b12-7-. The van der Waals surface area contributed by atoms with Gasteiger partial charge in [0.25, 0.3) is 0 Å². The highest BCUT2D eigenvalue weighted by Crippen LogP contribution is 2.31. The number of aromatic nitrogens is 1. The number of hydrogen-bond acceptors (Lipinski definition) is 6. The number of benzene rings is 1. The molecule has 0 aliphatic heterocycles. The van der Waals surface area contributed by atoms with Crippen LogP contribution in [0.4, 0.5) is 0 Å². The lowest BCUT2D eigenvalue weighted by Gasteiger charge is -2.11. The van der Waals surface area contributed by atoms with Crippen molar-refractivity contribution < 1.29 is 19.0 Å². The van der Waals surface area contributed by atoms with Crippen LogP contribution >= 0.6 is 27.3 Å². The van der Waals surface area contributed by atoms with Gasteiger partial charge in [-0.15, -0.1) is 11.3 Å². The molecule has 0 radical (unpaired) electrons. The van der Waals surface area contributed by atoms with E-state index in [-0.39, 0.29) is 5.76 Å². The summed E-state index contributed by atoms with van der Waals surface area (Å²) in [6, 6.07) is 5.68. The zero-order valence-electron chi connectivity index (χ0n) is 12.3. The Kier molecular flexibility index (Phi) is 5.57. The summed E-state index contributed by atoms with van der Waals surface area (Å²) in [7, 11) is 2.72. The predicted molar refractivity (Wildman–Crippen MR) is 87.7 cm³/mol. The molecule has 22 heavy (non-hydrogen) atoms. The third-order valence-electron chi connectivity index (χ3n) is 2.74. The Labute approximate surface area is 140 Å². The van der Waals surface area contributed by atoms with Gasteiger partial charge in [0.1, 0.15) is 21.6 Å². The Morgan fingerprint density at radius 2 is 2.14 bits per heavy atom. The number of thiazole rings is 1. The lowest BCUT2D eigenvalue weighted by molar-refractivity contribution is -0.138. The first-order valence-corrected chi connectivity index (χ1v) is 7.93. The Bertz CT molecular complexity index is 711. The van der Waals surface area contributed by atoms with Crippen molar-refractivity contribution >= 4 is 33.2 Å². The molecule has 1 heterocycles. The molecule has 0 fully saturated rings. The molecule has 2 aromatic rings. The first-order chi connectivity index (χ1) is 10.5. The van der Waals surface area contributed by atoms with Crippen LogP contribution in [0.15, 0.2) is 40.2 Å². The van der Waals surface area contributed by atoms with Gasteiger partial charge in [0, 0.05) is 10.9 Å². The fraction of sp³-hybridized carbons (Fsp3) is 0.200. The summed E-state index contributed by atoms with van der Waals surface area (Å²) in [4.78, 5) is 16.0. The summed E-state index contributed by atoms with van der Waals surface area (Å²) < 4.78 is 15.9. The van der Waals surface area contributed by atoms with Crippen LogP contribution in [0.25, 0.3) is 10.6 Å². The summed E-state index contributed by atoms with van der Waals surface area (Å²) in [6.45, 7) is 1.89. The Morgan fingerprint density at radius 1 is 1.36 bits per heavy atom. The van der Waals surface area contributed by atoms with Gasteiger partial charge in [-0.25, -0.2) is 9.78 Å². The molecule has 2 rings (SSSR count). The van der Waals surface area contributed by atoms with E-state index in [2.05, 4.69) is 25.7 Å². The number of esters is 1.